The first kappa shape index (κ1) is 18.1. The van der Waals surface area contributed by atoms with Crippen LogP contribution in [0, 0.1) is 10.8 Å². The number of esters is 1. The van der Waals surface area contributed by atoms with Crippen molar-refractivity contribution in [1.29, 1.82) is 0 Å². The molecule has 0 aliphatic heterocycles. The molecule has 0 aromatic heterocycles. The van der Waals surface area contributed by atoms with Gasteiger partial charge in [-0.25, -0.2) is 0 Å². The average molecular weight is 271 g/mol. The lowest BCUT2D eigenvalue weighted by Gasteiger charge is -2.38. The van der Waals surface area contributed by atoms with Crippen LogP contribution in [-0.4, -0.2) is 43.9 Å². The maximum absolute atomic E-state index is 12.4. The van der Waals surface area contributed by atoms with Gasteiger partial charge in [-0.1, -0.05) is 13.8 Å². The van der Waals surface area contributed by atoms with Gasteiger partial charge in [0.25, 0.3) is 0 Å². The number of Topliss-reactive ketones (excluding diaryl/α,β-unsaturated/α-hetero) is 1. The van der Waals surface area contributed by atoms with E-state index in [2.05, 4.69) is 4.90 Å². The molecule has 0 unspecified atom stereocenters. The van der Waals surface area contributed by atoms with Gasteiger partial charge in [0.15, 0.2) is 0 Å². The van der Waals surface area contributed by atoms with Crippen LogP contribution in [0.2, 0.25) is 0 Å². The second-order valence-corrected chi connectivity index (χ2v) is 6.30. The Kier molecular flexibility index (Phi) is 6.70. The fourth-order valence-corrected chi connectivity index (χ4v) is 1.78. The Labute approximate surface area is 117 Å². The number of hydrogen-bond donors (Lipinski definition) is 0. The van der Waals surface area contributed by atoms with Gasteiger partial charge in [-0.15, -0.1) is 0 Å². The highest BCUT2D eigenvalue weighted by Crippen LogP contribution is 2.41. The maximum atomic E-state index is 12.4. The zero-order valence-electron chi connectivity index (χ0n) is 13.5. The molecule has 0 aromatic carbocycles. The topological polar surface area (TPSA) is 46.6 Å². The average Bonchev–Trinajstić information content (AvgIpc) is 2.28. The molecular formula is C15H29NO3. The highest BCUT2D eigenvalue weighted by Gasteiger charge is 2.48. The Morgan fingerprint density at radius 1 is 1.05 bits per heavy atom. The molecule has 0 spiro atoms. The minimum atomic E-state index is -0.807. The molecule has 0 aliphatic rings. The van der Waals surface area contributed by atoms with Crippen LogP contribution >= 0.6 is 0 Å². The van der Waals surface area contributed by atoms with Crippen molar-refractivity contribution in [3.05, 3.63) is 0 Å². The fourth-order valence-electron chi connectivity index (χ4n) is 1.78. The number of nitrogens with zero attached hydrogens (tertiary/aromatic N) is 1. The summed E-state index contributed by atoms with van der Waals surface area (Å²) in [6, 6.07) is 0. The fraction of sp³-hybridized carbons (Fsp3) is 0.867. The largest absolute Gasteiger partial charge is 0.466 e. The summed E-state index contributed by atoms with van der Waals surface area (Å²) >= 11 is 0. The summed E-state index contributed by atoms with van der Waals surface area (Å²) in [4.78, 5) is 26.4. The van der Waals surface area contributed by atoms with Crippen LogP contribution in [0.5, 0.6) is 0 Å². The molecule has 112 valence electrons. The summed E-state index contributed by atoms with van der Waals surface area (Å²) in [6.45, 7) is 10.2. The van der Waals surface area contributed by atoms with E-state index in [1.807, 2.05) is 27.9 Å². The number of ether oxygens (including phenoxy) is 1. The van der Waals surface area contributed by atoms with E-state index in [1.54, 1.807) is 20.8 Å². The second kappa shape index (κ2) is 7.04. The Balaban J connectivity index is 4.74. The molecule has 0 aromatic rings. The van der Waals surface area contributed by atoms with Crippen molar-refractivity contribution in [3.8, 4) is 0 Å². The van der Waals surface area contributed by atoms with Crippen LogP contribution in [0.1, 0.15) is 47.5 Å². The van der Waals surface area contributed by atoms with Gasteiger partial charge >= 0.3 is 5.97 Å². The molecule has 0 saturated heterocycles. The van der Waals surface area contributed by atoms with Crippen LogP contribution in [0.4, 0.5) is 0 Å². The third-order valence-corrected chi connectivity index (χ3v) is 4.05. The summed E-state index contributed by atoms with van der Waals surface area (Å²) in [6.07, 6.45) is 1.31. The number of carbonyl (C=O) groups is 2. The second-order valence-electron chi connectivity index (χ2n) is 6.30. The molecule has 4 nitrogen and oxygen atoms in total. The molecule has 0 amide bonds. The molecule has 0 atom stereocenters. The van der Waals surface area contributed by atoms with Gasteiger partial charge in [-0.05, 0) is 47.8 Å². The van der Waals surface area contributed by atoms with Crippen molar-refractivity contribution in [2.24, 2.45) is 10.8 Å². The van der Waals surface area contributed by atoms with Gasteiger partial charge in [-0.2, -0.15) is 0 Å². The molecule has 19 heavy (non-hydrogen) atoms. The Hall–Kier alpha value is -0.900. The number of carbonyl (C=O) groups excluding carboxylic acids is 2. The maximum Gasteiger partial charge on any atom is 0.312 e. The minimum absolute atomic E-state index is 0.118. The van der Waals surface area contributed by atoms with Gasteiger partial charge < -0.3 is 9.64 Å². The highest BCUT2D eigenvalue weighted by molar-refractivity contribution is 5.91. The van der Waals surface area contributed by atoms with E-state index < -0.39 is 10.8 Å². The Bertz CT molecular complexity index is 319. The SMILES string of the molecule is CCOC(=O)C(C)(C)C(C)(C)C(=O)CCCN(C)C. The lowest BCUT2D eigenvalue weighted by atomic mass is 9.64. The molecule has 0 aliphatic carbocycles. The predicted molar refractivity (Wildman–Crippen MR) is 77.0 cm³/mol. The van der Waals surface area contributed by atoms with Crippen molar-refractivity contribution in [2.45, 2.75) is 47.5 Å². The first-order valence-electron chi connectivity index (χ1n) is 6.92. The van der Waals surface area contributed by atoms with E-state index in [9.17, 15) is 9.59 Å². The van der Waals surface area contributed by atoms with Crippen molar-refractivity contribution in [1.82, 2.24) is 4.90 Å². The third-order valence-electron chi connectivity index (χ3n) is 4.05. The molecule has 0 bridgehead atoms. The third kappa shape index (κ3) is 4.60. The minimum Gasteiger partial charge on any atom is -0.466 e. The highest BCUT2D eigenvalue weighted by atomic mass is 16.5. The van der Waals surface area contributed by atoms with Crippen LogP contribution in [0.3, 0.4) is 0 Å². The van der Waals surface area contributed by atoms with Crippen LogP contribution in [0.25, 0.3) is 0 Å². The van der Waals surface area contributed by atoms with Gasteiger partial charge in [-0.3, -0.25) is 9.59 Å². The quantitative estimate of drug-likeness (QED) is 0.636. The molecule has 0 fully saturated rings. The smallest absolute Gasteiger partial charge is 0.312 e. The van der Waals surface area contributed by atoms with Crippen molar-refractivity contribution in [3.63, 3.8) is 0 Å². The van der Waals surface area contributed by atoms with Crippen molar-refractivity contribution in [2.75, 3.05) is 27.2 Å². The molecule has 0 N–H and O–H groups in total. The van der Waals surface area contributed by atoms with Crippen LogP contribution in [0.15, 0.2) is 0 Å². The van der Waals surface area contributed by atoms with Crippen molar-refractivity contribution >= 4 is 11.8 Å². The van der Waals surface area contributed by atoms with Crippen LogP contribution < -0.4 is 0 Å². The first-order valence-corrected chi connectivity index (χ1v) is 6.92. The molecule has 0 rings (SSSR count). The van der Waals surface area contributed by atoms with E-state index >= 15 is 0 Å². The molecule has 0 radical (unpaired) electrons. The molecule has 4 heteroatoms. The monoisotopic (exact) mass is 271 g/mol. The van der Waals surface area contributed by atoms with E-state index in [0.29, 0.717) is 13.0 Å². The Morgan fingerprint density at radius 3 is 2.00 bits per heavy atom. The molecule has 0 saturated carbocycles. The number of hydrogen-bond acceptors (Lipinski definition) is 4. The lowest BCUT2D eigenvalue weighted by molar-refractivity contribution is -0.164. The van der Waals surface area contributed by atoms with Gasteiger partial charge in [0.1, 0.15) is 5.78 Å². The first-order chi connectivity index (χ1) is 8.57. The summed E-state index contributed by atoms with van der Waals surface area (Å²) in [7, 11) is 3.97. The van der Waals surface area contributed by atoms with Gasteiger partial charge in [0.2, 0.25) is 0 Å². The summed E-state index contributed by atoms with van der Waals surface area (Å²) < 4.78 is 5.09. The number of rotatable bonds is 8. The van der Waals surface area contributed by atoms with Crippen molar-refractivity contribution < 1.29 is 14.3 Å². The zero-order chi connectivity index (χ0) is 15.3. The van der Waals surface area contributed by atoms with Crippen LogP contribution in [-0.2, 0) is 14.3 Å². The van der Waals surface area contributed by atoms with E-state index in [0.717, 1.165) is 13.0 Å². The number of ketones is 1. The molecular weight excluding hydrogens is 242 g/mol. The van der Waals surface area contributed by atoms with Gasteiger partial charge in [0.05, 0.1) is 12.0 Å². The predicted octanol–water partition coefficient (Wildman–Crippen LogP) is 2.51. The standard InChI is InChI=1S/C15H29NO3/c1-8-19-13(18)15(4,5)14(2,3)12(17)10-9-11-16(6)7/h8-11H2,1-7H3. The van der Waals surface area contributed by atoms with E-state index in [1.165, 1.54) is 0 Å². The summed E-state index contributed by atoms with van der Waals surface area (Å²) in [5, 5.41) is 0. The van der Waals surface area contributed by atoms with E-state index in [-0.39, 0.29) is 11.8 Å². The Morgan fingerprint density at radius 2 is 1.58 bits per heavy atom. The zero-order valence-corrected chi connectivity index (χ0v) is 13.5. The molecule has 0 heterocycles. The van der Waals surface area contributed by atoms with Gasteiger partial charge in [0, 0.05) is 11.8 Å². The lowest BCUT2D eigenvalue weighted by Crippen LogP contribution is -2.46. The summed E-state index contributed by atoms with van der Waals surface area (Å²) in [5.41, 5.74) is -1.52. The van der Waals surface area contributed by atoms with E-state index in [4.69, 9.17) is 4.74 Å². The normalized spacial score (nSPS) is 12.6. The summed E-state index contributed by atoms with van der Waals surface area (Å²) in [5.74, 6) is -0.187.